The predicted molar refractivity (Wildman–Crippen MR) is 114 cm³/mol. The molecule has 1 aliphatic rings. The van der Waals surface area contributed by atoms with Crippen molar-refractivity contribution in [3.05, 3.63) is 76.5 Å². The zero-order valence-corrected chi connectivity index (χ0v) is 17.3. The van der Waals surface area contributed by atoms with Gasteiger partial charge < -0.3 is 0 Å². The van der Waals surface area contributed by atoms with Crippen LogP contribution in [0, 0.1) is 19.3 Å². The molecule has 0 radical (unpaired) electrons. The van der Waals surface area contributed by atoms with E-state index in [-0.39, 0.29) is 0 Å². The lowest BCUT2D eigenvalue weighted by Crippen LogP contribution is -2.31. The molecule has 2 aromatic carbocycles. The van der Waals surface area contributed by atoms with Crippen LogP contribution in [0.3, 0.4) is 0 Å². The van der Waals surface area contributed by atoms with Gasteiger partial charge in [0.05, 0.1) is 5.56 Å². The van der Waals surface area contributed by atoms with Crippen LogP contribution >= 0.6 is 0 Å². The van der Waals surface area contributed by atoms with Crippen LogP contribution in [-0.2, 0) is 19.8 Å². The van der Waals surface area contributed by atoms with E-state index >= 15 is 0 Å². The van der Waals surface area contributed by atoms with Gasteiger partial charge in [-0.05, 0) is 65.4 Å². The summed E-state index contributed by atoms with van der Waals surface area (Å²) in [6.45, 7) is 10.2. The first kappa shape index (κ1) is 15.6. The number of pyridine rings is 1. The predicted octanol–water partition coefficient (Wildman–Crippen LogP) is 5.95. The van der Waals surface area contributed by atoms with Gasteiger partial charge in [-0.25, -0.2) is 4.57 Å². The number of hydrogen-bond donors (Lipinski definition) is 0. The van der Waals surface area contributed by atoms with Gasteiger partial charge in [0, 0.05) is 14.9 Å². The van der Waals surface area contributed by atoms with Crippen molar-refractivity contribution in [1.82, 2.24) is 0 Å². The Morgan fingerprint density at radius 2 is 1.74 bits per heavy atom. The molecular weight excluding hydrogens is 326 g/mol. The summed E-state index contributed by atoms with van der Waals surface area (Å²) >= 11 is 0. The van der Waals surface area contributed by atoms with E-state index in [0.29, 0.717) is 0 Å². The summed E-state index contributed by atoms with van der Waals surface area (Å²) in [5.74, 6) is 0. The van der Waals surface area contributed by atoms with Crippen LogP contribution in [0.15, 0.2) is 48.7 Å². The average Bonchev–Trinajstić information content (AvgIpc) is 2.98. The smallest absolute Gasteiger partial charge is 0.201 e. The Bertz CT molecular complexity index is 1120. The van der Waals surface area contributed by atoms with Crippen LogP contribution in [0.4, 0.5) is 0 Å². The third-order valence-corrected chi connectivity index (χ3v) is 5.36. The maximum absolute atomic E-state index is 8.74. The first-order chi connectivity index (χ1) is 13.5. The molecule has 4 rings (SSSR count). The molecule has 0 saturated heterocycles. The maximum Gasteiger partial charge on any atom is 0.213 e. The second kappa shape index (κ2) is 6.34. The summed E-state index contributed by atoms with van der Waals surface area (Å²) in [6, 6.07) is 15.1. The molecule has 3 aromatic rings. The monoisotopic (exact) mass is 358 g/mol. The maximum atomic E-state index is 8.74. The van der Waals surface area contributed by atoms with Crippen molar-refractivity contribution in [1.29, 1.82) is 0 Å². The van der Waals surface area contributed by atoms with Gasteiger partial charge in [-0.15, -0.1) is 0 Å². The van der Waals surface area contributed by atoms with E-state index in [0.717, 1.165) is 17.7 Å². The fourth-order valence-corrected chi connectivity index (χ4v) is 4.21. The van der Waals surface area contributed by atoms with Crippen molar-refractivity contribution >= 4 is 0 Å². The van der Waals surface area contributed by atoms with Crippen LogP contribution in [0.1, 0.15) is 51.3 Å². The van der Waals surface area contributed by atoms with E-state index in [9.17, 15) is 0 Å². The summed E-state index contributed by atoms with van der Waals surface area (Å²) in [5.41, 5.74) is 10.5. The molecule has 0 atom stereocenters. The number of hydrogen-bond acceptors (Lipinski definition) is 0. The molecule has 0 N–H and O–H groups in total. The number of fused-ring (bicyclic) bond motifs is 3. The largest absolute Gasteiger partial charge is 0.213 e. The summed E-state index contributed by atoms with van der Waals surface area (Å²) in [6.07, 6.45) is 1.51. The average molecular weight is 359 g/mol. The highest BCUT2D eigenvalue weighted by atomic mass is 14.9. The van der Waals surface area contributed by atoms with Crippen molar-refractivity contribution in [2.24, 2.45) is 12.5 Å². The van der Waals surface area contributed by atoms with E-state index in [1.54, 1.807) is 0 Å². The summed E-state index contributed by atoms with van der Waals surface area (Å²) in [5, 5.41) is 0. The molecule has 1 heteroatoms. The Morgan fingerprint density at radius 3 is 2.48 bits per heavy atom. The molecule has 0 aliphatic heterocycles. The van der Waals surface area contributed by atoms with E-state index in [4.69, 9.17) is 2.74 Å². The Labute approximate surface area is 166 Å². The topological polar surface area (TPSA) is 3.88 Å². The van der Waals surface area contributed by atoms with E-state index in [1.807, 2.05) is 33.0 Å². The highest BCUT2D eigenvalue weighted by molar-refractivity contribution is 5.85. The minimum Gasteiger partial charge on any atom is -0.201 e. The van der Waals surface area contributed by atoms with Crippen molar-refractivity contribution in [3.8, 4) is 22.4 Å². The lowest BCUT2D eigenvalue weighted by Gasteiger charge is -2.18. The second-order valence-corrected chi connectivity index (χ2v) is 8.91. The normalized spacial score (nSPS) is 14.4. The Morgan fingerprint density at radius 1 is 1.00 bits per heavy atom. The van der Waals surface area contributed by atoms with Gasteiger partial charge in [0.15, 0.2) is 6.20 Å². The van der Waals surface area contributed by atoms with Gasteiger partial charge in [0.25, 0.3) is 0 Å². The molecule has 0 fully saturated rings. The number of aryl methyl sites for hydroxylation is 3. The molecule has 1 nitrogen and oxygen atoms in total. The van der Waals surface area contributed by atoms with Crippen molar-refractivity contribution in [3.63, 3.8) is 0 Å². The molecule has 0 spiro atoms. The van der Waals surface area contributed by atoms with Gasteiger partial charge in [-0.1, -0.05) is 56.7 Å². The molecule has 138 valence electrons. The number of nitrogens with zero attached hydrogens (tertiary/aromatic N) is 1. The SMILES string of the molecule is [2H]C([2H])(c1cc[n+](C)c(-c2c(C)ccc3c2Cc2cc(C)ccc2-3)c1)C(C)(C)C. The van der Waals surface area contributed by atoms with Crippen LogP contribution in [0.5, 0.6) is 0 Å². The molecule has 27 heavy (non-hydrogen) atoms. The van der Waals surface area contributed by atoms with Crippen LogP contribution in [0.2, 0.25) is 0 Å². The Hall–Kier alpha value is -2.41. The fraction of sp³-hybridized carbons (Fsp3) is 0.346. The van der Waals surface area contributed by atoms with Crippen LogP contribution in [-0.4, -0.2) is 0 Å². The lowest BCUT2D eigenvalue weighted by molar-refractivity contribution is -0.660. The lowest BCUT2D eigenvalue weighted by atomic mass is 9.87. The summed E-state index contributed by atoms with van der Waals surface area (Å²) in [4.78, 5) is 0. The Balaban J connectivity index is 1.93. The third kappa shape index (κ3) is 3.32. The van der Waals surface area contributed by atoms with Crippen LogP contribution in [0.25, 0.3) is 22.4 Å². The molecule has 1 aromatic heterocycles. The van der Waals surface area contributed by atoms with E-state index in [1.165, 1.54) is 38.9 Å². The first-order valence-electron chi connectivity index (χ1n) is 10.7. The Kier molecular flexibility index (Phi) is 3.67. The van der Waals surface area contributed by atoms with Gasteiger partial charge in [0.2, 0.25) is 5.69 Å². The molecule has 0 bridgehead atoms. The number of benzene rings is 2. The molecule has 0 amide bonds. The fourth-order valence-electron chi connectivity index (χ4n) is 4.21. The van der Waals surface area contributed by atoms with E-state index < -0.39 is 11.8 Å². The van der Waals surface area contributed by atoms with Gasteiger partial charge in [-0.3, -0.25) is 0 Å². The minimum absolute atomic E-state index is 0.481. The standard InChI is InChI=1S/C26H30N/c1-17-7-9-21-20(13-17)15-23-22(21)10-8-18(2)25(23)24-14-19(11-12-27(24)6)16-26(3,4)5/h7-14H,15-16H2,1-6H3/q+1/i16D2. The second-order valence-electron chi connectivity index (χ2n) is 8.91. The molecule has 0 unspecified atom stereocenters. The first-order valence-corrected chi connectivity index (χ1v) is 9.73. The van der Waals surface area contributed by atoms with Crippen LogP contribution < -0.4 is 4.57 Å². The number of aromatic nitrogens is 1. The van der Waals surface area contributed by atoms with Crippen molar-refractivity contribution < 1.29 is 7.31 Å². The highest BCUT2D eigenvalue weighted by Crippen LogP contribution is 2.42. The third-order valence-electron chi connectivity index (χ3n) is 5.36. The minimum atomic E-state index is -1.41. The molecule has 1 heterocycles. The zero-order valence-electron chi connectivity index (χ0n) is 19.3. The summed E-state index contributed by atoms with van der Waals surface area (Å²) < 4.78 is 19.6. The van der Waals surface area contributed by atoms with Gasteiger partial charge in [-0.2, -0.15) is 0 Å². The van der Waals surface area contributed by atoms with Gasteiger partial charge in [0.1, 0.15) is 7.05 Å². The quantitative estimate of drug-likeness (QED) is 0.390. The van der Waals surface area contributed by atoms with E-state index in [2.05, 4.69) is 61.9 Å². The molecule has 1 aliphatic carbocycles. The number of rotatable bonds is 2. The highest BCUT2D eigenvalue weighted by Gasteiger charge is 2.26. The van der Waals surface area contributed by atoms with Crippen molar-refractivity contribution in [2.75, 3.05) is 0 Å². The molecule has 0 saturated carbocycles. The molecular formula is C26H30N+. The summed E-state index contributed by atoms with van der Waals surface area (Å²) in [7, 11) is 2.05. The zero-order chi connectivity index (χ0) is 21.1. The van der Waals surface area contributed by atoms with Crippen molar-refractivity contribution in [2.45, 2.75) is 47.4 Å². The van der Waals surface area contributed by atoms with Gasteiger partial charge >= 0.3 is 0 Å².